The van der Waals surface area contributed by atoms with Crippen molar-refractivity contribution in [1.29, 1.82) is 0 Å². The van der Waals surface area contributed by atoms with Gasteiger partial charge in [0.05, 0.1) is 27.9 Å². The van der Waals surface area contributed by atoms with Gasteiger partial charge in [0.25, 0.3) is 11.8 Å². The third kappa shape index (κ3) is 6.02. The number of carbonyl (C=O) groups excluding carboxylic acids is 2. The Morgan fingerprint density at radius 2 is 1.97 bits per heavy atom. The number of thioether (sulfide) groups is 1. The van der Waals surface area contributed by atoms with Crippen molar-refractivity contribution in [2.45, 2.75) is 6.10 Å². The van der Waals surface area contributed by atoms with Gasteiger partial charge in [-0.25, -0.2) is 9.67 Å². The van der Waals surface area contributed by atoms with Gasteiger partial charge in [0.1, 0.15) is 11.8 Å². The monoisotopic (exact) mass is 555 g/mol. The molecule has 4 rings (SSSR count). The molecule has 1 fully saturated rings. The number of aromatic nitrogens is 3. The molecule has 35 heavy (non-hydrogen) atoms. The van der Waals surface area contributed by atoms with Crippen molar-refractivity contribution in [3.63, 3.8) is 0 Å². The smallest absolute Gasteiger partial charge is 0.274 e. The normalized spacial score (nSPS) is 13.3. The lowest BCUT2D eigenvalue weighted by Crippen LogP contribution is -2.31. The fourth-order valence-electron chi connectivity index (χ4n) is 3.15. The molecule has 1 aliphatic heterocycles. The van der Waals surface area contributed by atoms with Crippen LogP contribution in [0.5, 0.6) is 5.88 Å². The maximum Gasteiger partial charge on any atom is 0.274 e. The molecule has 9 nitrogen and oxygen atoms in total. The summed E-state index contributed by atoms with van der Waals surface area (Å²) in [6.07, 6.45) is 1.54. The molecule has 0 spiro atoms. The largest absolute Gasteiger partial charge is 0.472 e. The number of pyridine rings is 1. The summed E-state index contributed by atoms with van der Waals surface area (Å²) < 4.78 is 12.1. The first-order valence-corrected chi connectivity index (χ1v) is 12.7. The van der Waals surface area contributed by atoms with Crippen LogP contribution in [0.15, 0.2) is 36.5 Å². The fourth-order valence-corrected chi connectivity index (χ4v) is 4.45. The van der Waals surface area contributed by atoms with Gasteiger partial charge in [-0.15, -0.1) is 5.10 Å². The number of amides is 2. The van der Waals surface area contributed by atoms with Gasteiger partial charge in [-0.3, -0.25) is 9.59 Å². The third-order valence-corrected chi connectivity index (χ3v) is 6.91. The van der Waals surface area contributed by atoms with Crippen LogP contribution in [0.4, 0.5) is 5.69 Å². The Balaban J connectivity index is 1.68. The molecule has 2 amide bonds. The second-order valence-electron chi connectivity index (χ2n) is 7.38. The first-order valence-electron chi connectivity index (χ1n) is 10.4. The molecule has 3 aromatic rings. The summed E-state index contributed by atoms with van der Waals surface area (Å²) in [4.78, 5) is 30.4. The van der Waals surface area contributed by atoms with E-state index in [2.05, 4.69) is 20.7 Å². The second kappa shape index (κ2) is 11.5. The minimum Gasteiger partial charge on any atom is -0.472 e. The van der Waals surface area contributed by atoms with Crippen LogP contribution in [0.2, 0.25) is 15.1 Å². The molecule has 13 heteroatoms. The highest BCUT2D eigenvalue weighted by Crippen LogP contribution is 2.32. The SMILES string of the molecule is COCCNC(=O)c1cc(Cl)cc(Cl)c1NC(=O)c1cc(OC2CSC2)nn1-c1ncccc1Cl. The molecule has 0 saturated carbocycles. The molecule has 0 bridgehead atoms. The maximum atomic E-state index is 13.4. The fraction of sp³-hybridized carbons (Fsp3) is 0.273. The second-order valence-corrected chi connectivity index (χ2v) is 9.70. The zero-order valence-electron chi connectivity index (χ0n) is 18.4. The first-order chi connectivity index (χ1) is 16.9. The number of rotatable bonds is 9. The summed E-state index contributed by atoms with van der Waals surface area (Å²) in [5.74, 6) is 1.09. The van der Waals surface area contributed by atoms with E-state index in [1.165, 1.54) is 36.2 Å². The predicted molar refractivity (Wildman–Crippen MR) is 137 cm³/mol. The van der Waals surface area contributed by atoms with Crippen LogP contribution in [0.1, 0.15) is 20.8 Å². The maximum absolute atomic E-state index is 13.4. The van der Waals surface area contributed by atoms with Gasteiger partial charge in [-0.05, 0) is 24.3 Å². The van der Waals surface area contributed by atoms with Crippen molar-refractivity contribution >= 4 is 64.1 Å². The molecule has 0 unspecified atom stereocenters. The molecule has 1 saturated heterocycles. The highest BCUT2D eigenvalue weighted by atomic mass is 35.5. The van der Waals surface area contributed by atoms with Crippen molar-refractivity contribution in [2.75, 3.05) is 37.1 Å². The van der Waals surface area contributed by atoms with Crippen LogP contribution in [0, 0.1) is 0 Å². The summed E-state index contributed by atoms with van der Waals surface area (Å²) in [7, 11) is 1.52. The lowest BCUT2D eigenvalue weighted by Gasteiger charge is -2.24. The molecule has 1 aliphatic rings. The zero-order valence-corrected chi connectivity index (χ0v) is 21.5. The van der Waals surface area contributed by atoms with Gasteiger partial charge in [-0.2, -0.15) is 11.8 Å². The molecule has 2 N–H and O–H groups in total. The van der Waals surface area contributed by atoms with E-state index in [9.17, 15) is 9.59 Å². The molecular formula is C22H20Cl3N5O4S. The zero-order chi connectivity index (χ0) is 24.9. The summed E-state index contributed by atoms with van der Waals surface area (Å²) in [5.41, 5.74) is 0.273. The lowest BCUT2D eigenvalue weighted by atomic mass is 10.1. The average molecular weight is 557 g/mol. The van der Waals surface area contributed by atoms with Crippen LogP contribution in [0.3, 0.4) is 0 Å². The van der Waals surface area contributed by atoms with Crippen LogP contribution in [0.25, 0.3) is 5.82 Å². The molecular weight excluding hydrogens is 537 g/mol. The Morgan fingerprint density at radius 1 is 1.17 bits per heavy atom. The van der Waals surface area contributed by atoms with Crippen molar-refractivity contribution in [2.24, 2.45) is 0 Å². The number of hydrogen-bond donors (Lipinski definition) is 2. The van der Waals surface area contributed by atoms with Gasteiger partial charge in [0.15, 0.2) is 5.82 Å². The summed E-state index contributed by atoms with van der Waals surface area (Å²) in [5, 5.41) is 10.4. The highest BCUT2D eigenvalue weighted by molar-refractivity contribution is 8.00. The van der Waals surface area contributed by atoms with Crippen LogP contribution in [-0.4, -0.2) is 64.4 Å². The number of carbonyl (C=O) groups is 2. The van der Waals surface area contributed by atoms with E-state index in [-0.39, 0.29) is 56.4 Å². The van der Waals surface area contributed by atoms with Crippen molar-refractivity contribution in [1.82, 2.24) is 20.1 Å². The molecule has 184 valence electrons. The molecule has 0 atom stereocenters. The third-order valence-electron chi connectivity index (χ3n) is 4.88. The van der Waals surface area contributed by atoms with E-state index in [0.29, 0.717) is 6.61 Å². The number of halogens is 3. The van der Waals surface area contributed by atoms with E-state index < -0.39 is 11.8 Å². The number of nitrogens with one attached hydrogen (secondary N) is 2. The lowest BCUT2D eigenvalue weighted by molar-refractivity contribution is 0.0938. The number of ether oxygens (including phenoxy) is 2. The van der Waals surface area contributed by atoms with Gasteiger partial charge >= 0.3 is 0 Å². The predicted octanol–water partition coefficient (Wildman–Crippen LogP) is 4.35. The number of anilines is 1. The van der Waals surface area contributed by atoms with Gasteiger partial charge in [0, 0.05) is 42.4 Å². The Hall–Kier alpha value is -2.50. The van der Waals surface area contributed by atoms with Gasteiger partial charge < -0.3 is 20.1 Å². The Morgan fingerprint density at radius 3 is 2.66 bits per heavy atom. The molecule has 3 heterocycles. The Labute approximate surface area is 220 Å². The van der Waals surface area contributed by atoms with Crippen LogP contribution >= 0.6 is 46.6 Å². The number of hydrogen-bond acceptors (Lipinski definition) is 7. The molecule has 2 aromatic heterocycles. The number of methoxy groups -OCH3 is 1. The molecule has 0 aliphatic carbocycles. The molecule has 0 radical (unpaired) electrons. The first kappa shape index (κ1) is 25.6. The number of benzene rings is 1. The summed E-state index contributed by atoms with van der Waals surface area (Å²) >= 11 is 20.6. The van der Waals surface area contributed by atoms with E-state index >= 15 is 0 Å². The van der Waals surface area contributed by atoms with E-state index in [4.69, 9.17) is 44.3 Å². The summed E-state index contributed by atoms with van der Waals surface area (Å²) in [6, 6.07) is 7.64. The standard InChI is InChI=1S/C22H20Cl3N5O4S/c1-33-6-5-27-21(31)14-7-12(23)8-16(25)19(14)28-22(32)17-9-18(34-13-10-35-11-13)29-30(17)20-15(24)3-2-4-26-20/h2-4,7-9,13H,5-6,10-11H2,1H3,(H,27,31)(H,28,32). The number of nitrogens with zero attached hydrogens (tertiary/aromatic N) is 3. The topological polar surface area (TPSA) is 107 Å². The van der Waals surface area contributed by atoms with E-state index in [1.54, 1.807) is 23.9 Å². The quantitative estimate of drug-likeness (QED) is 0.377. The summed E-state index contributed by atoms with van der Waals surface area (Å²) in [6.45, 7) is 0.575. The van der Waals surface area contributed by atoms with E-state index in [0.717, 1.165) is 11.5 Å². The van der Waals surface area contributed by atoms with Gasteiger partial charge in [-0.1, -0.05) is 34.8 Å². The van der Waals surface area contributed by atoms with Crippen LogP contribution in [-0.2, 0) is 4.74 Å². The van der Waals surface area contributed by atoms with Gasteiger partial charge in [0.2, 0.25) is 5.88 Å². The van der Waals surface area contributed by atoms with E-state index in [1.807, 2.05) is 0 Å². The van der Waals surface area contributed by atoms with Crippen molar-refractivity contribution < 1.29 is 19.1 Å². The van der Waals surface area contributed by atoms with Crippen molar-refractivity contribution in [3.05, 3.63) is 62.9 Å². The molecule has 1 aromatic carbocycles. The highest BCUT2D eigenvalue weighted by Gasteiger charge is 2.26. The Bertz CT molecular complexity index is 1250. The Kier molecular flexibility index (Phi) is 8.40. The minimum atomic E-state index is -0.604. The minimum absolute atomic E-state index is 0.00609. The average Bonchev–Trinajstić information content (AvgIpc) is 3.22. The van der Waals surface area contributed by atoms with Crippen molar-refractivity contribution in [3.8, 4) is 11.7 Å². The van der Waals surface area contributed by atoms with Crippen LogP contribution < -0.4 is 15.4 Å².